The molecule has 2 saturated heterocycles. The van der Waals surface area contributed by atoms with Crippen molar-refractivity contribution in [2.75, 3.05) is 5.75 Å². The molecule has 0 saturated carbocycles. The molecular weight excluding hydrogens is 318 g/mol. The first-order valence-corrected chi connectivity index (χ1v) is 8.78. The molecule has 3 rings (SSSR count). The van der Waals surface area contributed by atoms with Gasteiger partial charge in [-0.15, -0.1) is 0 Å². The number of carboxylic acids is 1. The van der Waals surface area contributed by atoms with Crippen LogP contribution in [0.3, 0.4) is 0 Å². The van der Waals surface area contributed by atoms with Gasteiger partial charge in [0.05, 0.1) is 24.9 Å². The van der Waals surface area contributed by atoms with Gasteiger partial charge in [0.1, 0.15) is 5.76 Å². The minimum atomic E-state index is -0.729. The van der Waals surface area contributed by atoms with Gasteiger partial charge in [0, 0.05) is 17.4 Å². The predicted molar refractivity (Wildman–Crippen MR) is 88.2 cm³/mol. The van der Waals surface area contributed by atoms with Crippen LogP contribution < -0.4 is 16.4 Å². The third kappa shape index (κ3) is 5.47. The Morgan fingerprint density at radius 1 is 1.43 bits per heavy atom. The van der Waals surface area contributed by atoms with Crippen LogP contribution in [0.2, 0.25) is 0 Å². The molecule has 8 heteroatoms. The summed E-state index contributed by atoms with van der Waals surface area (Å²) in [5.41, 5.74) is 5.20. The maximum absolute atomic E-state index is 11.1. The number of carbonyl (C=O) groups is 2. The summed E-state index contributed by atoms with van der Waals surface area (Å²) in [6.45, 7) is 0.493. The van der Waals surface area contributed by atoms with Crippen LogP contribution >= 0.6 is 11.8 Å². The van der Waals surface area contributed by atoms with Gasteiger partial charge >= 0.3 is 12.0 Å². The molecule has 0 aliphatic carbocycles. The molecule has 0 spiro atoms. The van der Waals surface area contributed by atoms with E-state index in [2.05, 4.69) is 10.6 Å². The number of urea groups is 1. The zero-order valence-electron chi connectivity index (χ0n) is 12.9. The monoisotopic (exact) mass is 341 g/mol. The fourth-order valence-electron chi connectivity index (χ4n) is 2.69. The maximum Gasteiger partial charge on any atom is 0.315 e. The lowest BCUT2D eigenvalue weighted by Crippen LogP contribution is -2.36. The normalized spacial score (nSPS) is 25.1. The molecule has 1 aromatic rings. The Balaban J connectivity index is 0.000000229. The summed E-state index contributed by atoms with van der Waals surface area (Å²) in [5, 5.41) is 14.8. The molecule has 23 heavy (non-hydrogen) atoms. The van der Waals surface area contributed by atoms with Gasteiger partial charge in [-0.3, -0.25) is 4.79 Å². The summed E-state index contributed by atoms with van der Waals surface area (Å²) in [6, 6.07) is 4.11. The Bertz CT molecular complexity index is 509. The molecule has 0 bridgehead atoms. The minimum Gasteiger partial charge on any atom is -0.481 e. The lowest BCUT2D eigenvalue weighted by atomic mass is 10.0. The molecule has 0 aromatic carbocycles. The van der Waals surface area contributed by atoms with E-state index < -0.39 is 5.97 Å². The number of carbonyl (C=O) groups excluding carboxylic acids is 1. The van der Waals surface area contributed by atoms with Crippen molar-refractivity contribution in [1.29, 1.82) is 0 Å². The number of carboxylic acid groups (broad SMARTS) is 1. The van der Waals surface area contributed by atoms with Crippen LogP contribution in [0.25, 0.3) is 0 Å². The summed E-state index contributed by atoms with van der Waals surface area (Å²) in [4.78, 5) is 21.5. The Hall–Kier alpha value is -1.67. The first-order chi connectivity index (χ1) is 11.1. The molecule has 3 unspecified atom stereocenters. The van der Waals surface area contributed by atoms with E-state index in [0.717, 1.165) is 30.8 Å². The molecule has 2 fully saturated rings. The number of unbranched alkanes of at least 4 members (excludes halogenated alkanes) is 1. The second-order valence-corrected chi connectivity index (χ2v) is 6.82. The van der Waals surface area contributed by atoms with Gasteiger partial charge in [0.2, 0.25) is 0 Å². The van der Waals surface area contributed by atoms with Crippen LogP contribution in [0.1, 0.15) is 31.4 Å². The summed E-state index contributed by atoms with van der Waals surface area (Å²) < 4.78 is 4.86. The van der Waals surface area contributed by atoms with Crippen molar-refractivity contribution in [3.05, 3.63) is 24.2 Å². The van der Waals surface area contributed by atoms with Crippen molar-refractivity contribution in [1.82, 2.24) is 10.6 Å². The Morgan fingerprint density at radius 3 is 2.87 bits per heavy atom. The largest absolute Gasteiger partial charge is 0.481 e. The third-order valence-electron chi connectivity index (χ3n) is 3.85. The quantitative estimate of drug-likeness (QED) is 0.460. The maximum atomic E-state index is 11.1. The summed E-state index contributed by atoms with van der Waals surface area (Å²) in [7, 11) is 0. The fraction of sp³-hybridized carbons (Fsp3) is 0.600. The van der Waals surface area contributed by atoms with E-state index in [9.17, 15) is 9.59 Å². The molecule has 5 N–H and O–H groups in total. The van der Waals surface area contributed by atoms with Gasteiger partial charge in [-0.05, 0) is 25.0 Å². The molecule has 1 aromatic heterocycles. The van der Waals surface area contributed by atoms with Gasteiger partial charge in [-0.25, -0.2) is 4.79 Å². The average Bonchev–Trinajstić information content (AvgIpc) is 3.21. The van der Waals surface area contributed by atoms with Crippen molar-refractivity contribution < 1.29 is 19.1 Å². The number of fused-ring (bicyclic) bond motifs is 1. The van der Waals surface area contributed by atoms with E-state index in [-0.39, 0.29) is 24.5 Å². The Labute approximate surface area is 139 Å². The van der Waals surface area contributed by atoms with Gasteiger partial charge in [-0.2, -0.15) is 11.8 Å². The molecule has 7 nitrogen and oxygen atoms in total. The van der Waals surface area contributed by atoms with E-state index in [4.69, 9.17) is 15.3 Å². The first-order valence-electron chi connectivity index (χ1n) is 7.73. The molecular formula is C15H23N3O4S. The number of rotatable bonds is 6. The highest BCUT2D eigenvalue weighted by atomic mass is 32.2. The molecule has 2 aliphatic rings. The number of thioether (sulfide) groups is 1. The Morgan fingerprint density at radius 2 is 2.26 bits per heavy atom. The molecule has 2 amide bonds. The second-order valence-electron chi connectivity index (χ2n) is 5.54. The number of amides is 2. The van der Waals surface area contributed by atoms with Crippen LogP contribution in [0.5, 0.6) is 0 Å². The van der Waals surface area contributed by atoms with Crippen LogP contribution in [0, 0.1) is 0 Å². The number of furan rings is 1. The third-order valence-corrected chi connectivity index (χ3v) is 5.36. The number of hydrogen-bond acceptors (Lipinski definition) is 5. The highest BCUT2D eigenvalue weighted by molar-refractivity contribution is 8.00. The standard InChI is InChI=1S/C10H16N2O3S.C5H7NO/c13-8(14)4-2-1-3-7-9-6(5-16-7)11-10(15)12-9;6-4-5-2-1-3-7-5/h6-7,9H,1-5H2,(H,13,14)(H2,11,12,15);1-3H,4,6H2. The van der Waals surface area contributed by atoms with Crippen LogP contribution in [0.4, 0.5) is 4.79 Å². The van der Waals surface area contributed by atoms with Crippen molar-refractivity contribution in [2.45, 2.75) is 49.6 Å². The fourth-order valence-corrected chi connectivity index (χ4v) is 4.24. The molecule has 0 radical (unpaired) electrons. The molecule has 128 valence electrons. The minimum absolute atomic E-state index is 0.0640. The smallest absolute Gasteiger partial charge is 0.315 e. The number of nitrogens with one attached hydrogen (secondary N) is 2. The van der Waals surface area contributed by atoms with E-state index in [1.54, 1.807) is 6.26 Å². The number of aliphatic carboxylic acids is 1. The predicted octanol–water partition coefficient (Wildman–Crippen LogP) is 1.54. The summed E-state index contributed by atoms with van der Waals surface area (Å²) in [6.07, 6.45) is 4.49. The van der Waals surface area contributed by atoms with Gasteiger partial charge < -0.3 is 25.9 Å². The lowest BCUT2D eigenvalue weighted by Gasteiger charge is -2.16. The van der Waals surface area contributed by atoms with Gasteiger partial charge in [-0.1, -0.05) is 6.42 Å². The SMILES string of the molecule is NCc1ccco1.O=C(O)CCCCC1SCC2NC(=O)NC21. The van der Waals surface area contributed by atoms with Gasteiger partial charge in [0.15, 0.2) is 0 Å². The highest BCUT2D eigenvalue weighted by Crippen LogP contribution is 2.33. The van der Waals surface area contributed by atoms with Crippen LogP contribution in [-0.4, -0.2) is 40.2 Å². The lowest BCUT2D eigenvalue weighted by molar-refractivity contribution is -0.137. The van der Waals surface area contributed by atoms with E-state index in [1.807, 2.05) is 23.9 Å². The first kappa shape index (κ1) is 17.7. The zero-order chi connectivity index (χ0) is 16.7. The van der Waals surface area contributed by atoms with Crippen molar-refractivity contribution >= 4 is 23.8 Å². The van der Waals surface area contributed by atoms with Crippen molar-refractivity contribution in [3.63, 3.8) is 0 Å². The van der Waals surface area contributed by atoms with E-state index in [1.165, 1.54) is 0 Å². The van der Waals surface area contributed by atoms with Crippen molar-refractivity contribution in [3.8, 4) is 0 Å². The van der Waals surface area contributed by atoms with Crippen molar-refractivity contribution in [2.24, 2.45) is 5.73 Å². The van der Waals surface area contributed by atoms with Gasteiger partial charge in [0.25, 0.3) is 0 Å². The molecule has 3 atom stereocenters. The average molecular weight is 341 g/mol. The zero-order valence-corrected chi connectivity index (χ0v) is 13.7. The van der Waals surface area contributed by atoms with E-state index >= 15 is 0 Å². The topological polar surface area (TPSA) is 118 Å². The van der Waals surface area contributed by atoms with Crippen LogP contribution in [0.15, 0.2) is 22.8 Å². The summed E-state index contributed by atoms with van der Waals surface area (Å²) >= 11 is 1.87. The molecule has 2 aliphatic heterocycles. The van der Waals surface area contributed by atoms with Crippen LogP contribution in [-0.2, 0) is 11.3 Å². The number of nitrogens with two attached hydrogens (primary N) is 1. The van der Waals surface area contributed by atoms with E-state index in [0.29, 0.717) is 11.8 Å². The Kier molecular flexibility index (Phi) is 6.79. The highest BCUT2D eigenvalue weighted by Gasteiger charge is 2.42. The molecule has 3 heterocycles. The summed E-state index contributed by atoms with van der Waals surface area (Å²) in [5.74, 6) is 1.07. The number of hydrogen-bond donors (Lipinski definition) is 4. The second kappa shape index (κ2) is 8.83.